The second-order valence-electron chi connectivity index (χ2n) is 7.47. The van der Waals surface area contributed by atoms with E-state index >= 15 is 0 Å². The molecule has 4 aromatic rings. The molecule has 0 atom stereocenters. The Morgan fingerprint density at radius 3 is 2.21 bits per heavy atom. The van der Waals surface area contributed by atoms with Gasteiger partial charge in [-0.25, -0.2) is 18.1 Å². The Morgan fingerprint density at radius 2 is 1.62 bits per heavy atom. The molecule has 0 unspecified atom stereocenters. The SMILES string of the molecule is CS(=O)(=O)NC(=O)c1nc(N(Cc2ccccc2)c2ccc(C#N)cc2)sc1-c1ccccc1. The van der Waals surface area contributed by atoms with Crippen molar-refractivity contribution in [2.75, 3.05) is 11.2 Å². The van der Waals surface area contributed by atoms with E-state index < -0.39 is 15.9 Å². The molecule has 0 saturated heterocycles. The molecule has 4 rings (SSSR count). The zero-order valence-corrected chi connectivity index (χ0v) is 19.8. The molecule has 0 aliphatic carbocycles. The van der Waals surface area contributed by atoms with Crippen LogP contribution in [0.5, 0.6) is 0 Å². The summed E-state index contributed by atoms with van der Waals surface area (Å²) < 4.78 is 25.5. The summed E-state index contributed by atoms with van der Waals surface area (Å²) in [6.07, 6.45) is 0.929. The van der Waals surface area contributed by atoms with Gasteiger partial charge in [0.15, 0.2) is 5.13 Å². The van der Waals surface area contributed by atoms with Crippen molar-refractivity contribution in [1.82, 2.24) is 9.71 Å². The quantitative estimate of drug-likeness (QED) is 0.404. The zero-order chi connectivity index (χ0) is 24.1. The number of hydrogen-bond acceptors (Lipinski definition) is 7. The van der Waals surface area contributed by atoms with Crippen LogP contribution in [-0.2, 0) is 16.6 Å². The van der Waals surface area contributed by atoms with Gasteiger partial charge in [-0.1, -0.05) is 72.0 Å². The van der Waals surface area contributed by atoms with Gasteiger partial charge in [0, 0.05) is 5.69 Å². The lowest BCUT2D eigenvalue weighted by Gasteiger charge is -2.22. The largest absolute Gasteiger partial charge is 0.313 e. The Labute approximate surface area is 202 Å². The summed E-state index contributed by atoms with van der Waals surface area (Å²) in [5, 5.41) is 9.69. The molecule has 9 heteroatoms. The first-order chi connectivity index (χ1) is 16.3. The third-order valence-electron chi connectivity index (χ3n) is 4.87. The Hall–Kier alpha value is -4.00. The lowest BCUT2D eigenvalue weighted by molar-refractivity contribution is 0.0978. The summed E-state index contributed by atoms with van der Waals surface area (Å²) in [5.74, 6) is -0.789. The molecular weight excluding hydrogens is 468 g/mol. The average Bonchev–Trinajstić information content (AvgIpc) is 3.28. The summed E-state index contributed by atoms with van der Waals surface area (Å²) in [6, 6.07) is 28.2. The van der Waals surface area contributed by atoms with E-state index in [0.29, 0.717) is 22.1 Å². The Bertz CT molecular complexity index is 1440. The maximum atomic E-state index is 12.9. The second kappa shape index (κ2) is 9.87. The summed E-state index contributed by atoms with van der Waals surface area (Å²) in [6.45, 7) is 0.460. The third-order valence-corrected chi connectivity index (χ3v) is 6.55. The normalized spacial score (nSPS) is 10.9. The fraction of sp³-hybridized carbons (Fsp3) is 0.0800. The summed E-state index contributed by atoms with van der Waals surface area (Å²) in [7, 11) is -3.77. The van der Waals surface area contributed by atoms with Gasteiger partial charge >= 0.3 is 0 Å². The van der Waals surface area contributed by atoms with Crippen molar-refractivity contribution < 1.29 is 13.2 Å². The van der Waals surface area contributed by atoms with Crippen LogP contribution in [0.3, 0.4) is 0 Å². The number of sulfonamides is 1. The topological polar surface area (TPSA) is 103 Å². The molecular formula is C25H20N4O3S2. The number of thiazole rings is 1. The standard InChI is InChI=1S/C25H20N4O3S2/c1-34(31,32)28-24(30)22-23(20-10-6-3-7-11-20)33-25(27-22)29(17-19-8-4-2-5-9-19)21-14-12-18(16-26)13-15-21/h2-15H,17H2,1H3,(H,28,30). The van der Waals surface area contributed by atoms with Crippen LogP contribution in [0, 0.1) is 11.3 Å². The van der Waals surface area contributed by atoms with Crippen molar-refractivity contribution in [3.63, 3.8) is 0 Å². The average molecular weight is 489 g/mol. The van der Waals surface area contributed by atoms with Crippen LogP contribution in [0.15, 0.2) is 84.9 Å². The maximum Gasteiger partial charge on any atom is 0.284 e. The Morgan fingerprint density at radius 1 is 1.00 bits per heavy atom. The van der Waals surface area contributed by atoms with E-state index in [1.54, 1.807) is 12.1 Å². The number of nitrogens with one attached hydrogen (secondary N) is 1. The minimum Gasteiger partial charge on any atom is -0.313 e. The van der Waals surface area contributed by atoms with E-state index in [4.69, 9.17) is 0 Å². The van der Waals surface area contributed by atoms with Gasteiger partial charge in [0.25, 0.3) is 5.91 Å². The van der Waals surface area contributed by atoms with Crippen molar-refractivity contribution in [2.45, 2.75) is 6.54 Å². The minimum atomic E-state index is -3.77. The summed E-state index contributed by atoms with van der Waals surface area (Å²) in [5.41, 5.74) is 3.12. The molecule has 0 spiro atoms. The maximum absolute atomic E-state index is 12.9. The summed E-state index contributed by atoms with van der Waals surface area (Å²) in [4.78, 5) is 20.0. The van der Waals surface area contributed by atoms with Crippen LogP contribution < -0.4 is 9.62 Å². The number of anilines is 2. The van der Waals surface area contributed by atoms with Crippen molar-refractivity contribution in [3.8, 4) is 16.5 Å². The van der Waals surface area contributed by atoms with Crippen molar-refractivity contribution in [1.29, 1.82) is 5.26 Å². The van der Waals surface area contributed by atoms with Gasteiger partial charge in [-0.05, 0) is 35.4 Å². The molecule has 1 N–H and O–H groups in total. The van der Waals surface area contributed by atoms with Gasteiger partial charge in [-0.2, -0.15) is 5.26 Å². The number of benzene rings is 3. The number of rotatable bonds is 7. The van der Waals surface area contributed by atoms with E-state index in [1.165, 1.54) is 11.3 Å². The van der Waals surface area contributed by atoms with Gasteiger partial charge in [-0.15, -0.1) is 0 Å². The van der Waals surface area contributed by atoms with Gasteiger partial charge in [0.05, 0.1) is 29.3 Å². The number of nitrogens with zero attached hydrogens (tertiary/aromatic N) is 3. The fourth-order valence-corrected chi connectivity index (χ4v) is 4.85. The second-order valence-corrected chi connectivity index (χ2v) is 10.2. The molecule has 1 amide bonds. The van der Waals surface area contributed by atoms with E-state index in [0.717, 1.165) is 23.1 Å². The number of carbonyl (C=O) groups is 1. The monoisotopic (exact) mass is 488 g/mol. The zero-order valence-electron chi connectivity index (χ0n) is 18.2. The molecule has 0 aliphatic rings. The predicted molar refractivity (Wildman–Crippen MR) is 133 cm³/mol. The van der Waals surface area contributed by atoms with Gasteiger partial charge < -0.3 is 4.90 Å². The fourth-order valence-electron chi connectivity index (χ4n) is 3.33. The Kier molecular flexibility index (Phi) is 6.72. The van der Waals surface area contributed by atoms with Crippen molar-refractivity contribution in [3.05, 3.63) is 102 Å². The predicted octanol–water partition coefficient (Wildman–Crippen LogP) is 4.71. The highest BCUT2D eigenvalue weighted by atomic mass is 32.2. The highest BCUT2D eigenvalue weighted by molar-refractivity contribution is 7.89. The highest BCUT2D eigenvalue weighted by Crippen LogP contribution is 2.38. The van der Waals surface area contributed by atoms with Crippen LogP contribution in [0.25, 0.3) is 10.4 Å². The van der Waals surface area contributed by atoms with Crippen LogP contribution in [0.1, 0.15) is 21.6 Å². The van der Waals surface area contributed by atoms with Crippen LogP contribution in [0.2, 0.25) is 0 Å². The lowest BCUT2D eigenvalue weighted by atomic mass is 10.1. The summed E-state index contributed by atoms with van der Waals surface area (Å²) >= 11 is 1.29. The molecule has 7 nitrogen and oxygen atoms in total. The van der Waals surface area contributed by atoms with E-state index in [-0.39, 0.29) is 5.69 Å². The minimum absolute atomic E-state index is 0.0309. The molecule has 0 aliphatic heterocycles. The van der Waals surface area contributed by atoms with E-state index in [1.807, 2.05) is 82.4 Å². The molecule has 1 heterocycles. The van der Waals surface area contributed by atoms with Crippen molar-refractivity contribution >= 4 is 38.1 Å². The van der Waals surface area contributed by atoms with Crippen LogP contribution in [0.4, 0.5) is 10.8 Å². The van der Waals surface area contributed by atoms with Crippen molar-refractivity contribution in [2.24, 2.45) is 0 Å². The number of aromatic nitrogens is 1. The third kappa shape index (κ3) is 5.49. The van der Waals surface area contributed by atoms with Crippen LogP contribution in [-0.4, -0.2) is 25.6 Å². The highest BCUT2D eigenvalue weighted by Gasteiger charge is 2.25. The first-order valence-corrected chi connectivity index (χ1v) is 12.9. The first kappa shape index (κ1) is 23.2. The number of nitriles is 1. The molecule has 1 aromatic heterocycles. The van der Waals surface area contributed by atoms with E-state index in [9.17, 15) is 18.5 Å². The lowest BCUT2D eigenvalue weighted by Crippen LogP contribution is -2.30. The number of hydrogen-bond donors (Lipinski definition) is 1. The van der Waals surface area contributed by atoms with Crippen LogP contribution >= 0.6 is 11.3 Å². The number of carbonyl (C=O) groups excluding carboxylic acids is 1. The smallest absolute Gasteiger partial charge is 0.284 e. The van der Waals surface area contributed by atoms with Gasteiger partial charge in [0.1, 0.15) is 5.69 Å². The molecule has 3 aromatic carbocycles. The molecule has 0 saturated carbocycles. The van der Waals surface area contributed by atoms with E-state index in [2.05, 4.69) is 11.1 Å². The van der Waals surface area contributed by atoms with Gasteiger partial charge in [0.2, 0.25) is 10.0 Å². The molecule has 0 fully saturated rings. The number of amides is 1. The molecule has 0 radical (unpaired) electrons. The molecule has 34 heavy (non-hydrogen) atoms. The Balaban J connectivity index is 1.84. The molecule has 0 bridgehead atoms. The van der Waals surface area contributed by atoms with Gasteiger partial charge in [-0.3, -0.25) is 4.79 Å². The first-order valence-electron chi connectivity index (χ1n) is 10.2. The molecule has 170 valence electrons.